The monoisotopic (exact) mass is 589 g/mol. The van der Waals surface area contributed by atoms with Crippen molar-refractivity contribution in [1.29, 1.82) is 0 Å². The van der Waals surface area contributed by atoms with Gasteiger partial charge in [0.05, 0.1) is 25.1 Å². The summed E-state index contributed by atoms with van der Waals surface area (Å²) in [7, 11) is 1.58. The second kappa shape index (κ2) is 13.7. The number of nitrogens with zero attached hydrogens (tertiary/aromatic N) is 4. The molecular weight excluding hydrogens is 558 g/mol. The number of benzene rings is 3. The molecule has 0 bridgehead atoms. The summed E-state index contributed by atoms with van der Waals surface area (Å²) in [5, 5.41) is 12.7. The largest absolute Gasteiger partial charge is 0.497 e. The predicted molar refractivity (Wildman–Crippen MR) is 161 cm³/mol. The molecule has 4 aromatic rings. The van der Waals surface area contributed by atoms with Gasteiger partial charge in [-0.05, 0) is 73.2 Å². The van der Waals surface area contributed by atoms with Gasteiger partial charge in [-0.3, -0.25) is 14.2 Å². The number of halogens is 1. The molecule has 10 heteroatoms. The average Bonchev–Trinajstić information content (AvgIpc) is 3.42. The molecule has 2 heterocycles. The maximum atomic E-state index is 13.1. The lowest BCUT2D eigenvalue weighted by atomic mass is 9.90. The van der Waals surface area contributed by atoms with Gasteiger partial charge in [0.1, 0.15) is 5.75 Å². The van der Waals surface area contributed by atoms with Gasteiger partial charge < -0.3 is 15.0 Å². The molecule has 8 nitrogen and oxygen atoms in total. The summed E-state index contributed by atoms with van der Waals surface area (Å²) >= 11 is 7.63. The molecule has 2 amide bonds. The quantitative estimate of drug-likeness (QED) is 0.248. The fourth-order valence-electron chi connectivity index (χ4n) is 4.94. The minimum Gasteiger partial charge on any atom is -0.497 e. The summed E-state index contributed by atoms with van der Waals surface area (Å²) in [6.07, 6.45) is 3.06. The highest BCUT2D eigenvalue weighted by molar-refractivity contribution is 7.99. The Labute approximate surface area is 249 Å². The number of rotatable bonds is 10. The fourth-order valence-corrected chi connectivity index (χ4v) is 6.00. The summed E-state index contributed by atoms with van der Waals surface area (Å²) in [6, 6.07) is 24.7. The van der Waals surface area contributed by atoms with Gasteiger partial charge in [0, 0.05) is 23.7 Å². The van der Waals surface area contributed by atoms with Crippen LogP contribution in [0, 0.1) is 5.92 Å². The zero-order valence-corrected chi connectivity index (χ0v) is 24.4. The first-order valence-electron chi connectivity index (χ1n) is 13.6. The molecule has 0 saturated carbocycles. The highest BCUT2D eigenvalue weighted by atomic mass is 35.5. The van der Waals surface area contributed by atoms with Gasteiger partial charge in [-0.1, -0.05) is 59.8 Å². The Kier molecular flexibility index (Phi) is 9.59. The highest BCUT2D eigenvalue weighted by Gasteiger charge is 2.24. The smallest absolute Gasteiger partial charge is 0.251 e. The summed E-state index contributed by atoms with van der Waals surface area (Å²) in [5.74, 6) is 1.90. The third-order valence-corrected chi connectivity index (χ3v) is 8.33. The van der Waals surface area contributed by atoms with Crippen LogP contribution in [0.25, 0.3) is 5.69 Å². The molecule has 1 N–H and O–H groups in total. The van der Waals surface area contributed by atoms with E-state index in [-0.39, 0.29) is 24.1 Å². The Hall–Kier alpha value is -3.82. The molecule has 0 unspecified atom stereocenters. The van der Waals surface area contributed by atoms with Gasteiger partial charge in [-0.25, -0.2) is 0 Å². The number of thioether (sulfide) groups is 1. The first kappa shape index (κ1) is 28.7. The minimum atomic E-state index is -0.242. The van der Waals surface area contributed by atoms with E-state index >= 15 is 0 Å². The minimum absolute atomic E-state index is 0.0863. The van der Waals surface area contributed by atoms with Gasteiger partial charge in [-0.2, -0.15) is 0 Å². The molecule has 1 aliphatic heterocycles. The Balaban J connectivity index is 1.22. The average molecular weight is 590 g/mol. The lowest BCUT2D eigenvalue weighted by molar-refractivity contribution is -0.129. The van der Waals surface area contributed by atoms with Crippen LogP contribution < -0.4 is 10.1 Å². The number of nitrogens with one attached hydrogen (secondary N) is 1. The number of piperidine rings is 1. The van der Waals surface area contributed by atoms with Gasteiger partial charge in [-0.15, -0.1) is 10.2 Å². The van der Waals surface area contributed by atoms with Crippen molar-refractivity contribution in [3.8, 4) is 11.4 Å². The molecule has 0 aliphatic carbocycles. The molecule has 1 aliphatic rings. The van der Waals surface area contributed by atoms with Crippen LogP contribution in [-0.4, -0.2) is 57.4 Å². The van der Waals surface area contributed by atoms with Crippen molar-refractivity contribution >= 4 is 35.2 Å². The molecule has 41 heavy (non-hydrogen) atoms. The van der Waals surface area contributed by atoms with Crippen LogP contribution >= 0.6 is 23.4 Å². The van der Waals surface area contributed by atoms with Crippen molar-refractivity contribution in [2.45, 2.75) is 31.0 Å². The number of methoxy groups -OCH3 is 1. The van der Waals surface area contributed by atoms with E-state index in [9.17, 15) is 9.59 Å². The Morgan fingerprint density at radius 3 is 2.46 bits per heavy atom. The molecule has 0 atom stereocenters. The van der Waals surface area contributed by atoms with E-state index in [1.807, 2.05) is 33.7 Å². The summed E-state index contributed by atoms with van der Waals surface area (Å²) in [5.41, 5.74) is 2.62. The van der Waals surface area contributed by atoms with E-state index in [0.29, 0.717) is 33.2 Å². The zero-order chi connectivity index (χ0) is 28.6. The van der Waals surface area contributed by atoms with Crippen molar-refractivity contribution in [2.24, 2.45) is 5.92 Å². The Morgan fingerprint density at radius 1 is 1.00 bits per heavy atom. The fraction of sp³-hybridized carbons (Fsp3) is 0.290. The SMILES string of the molecule is COc1ccc(C(=O)NCc2nnc(SCC(=O)N3CCC(Cc4ccccc4)CC3)n2-c2cccc(Cl)c2)cc1. The van der Waals surface area contributed by atoms with Crippen LogP contribution in [0.4, 0.5) is 0 Å². The number of hydrogen-bond donors (Lipinski definition) is 1. The number of hydrogen-bond acceptors (Lipinski definition) is 6. The van der Waals surface area contributed by atoms with Crippen molar-refractivity contribution in [3.05, 3.63) is 101 Å². The lowest BCUT2D eigenvalue weighted by Gasteiger charge is -2.32. The first-order valence-corrected chi connectivity index (χ1v) is 14.9. The highest BCUT2D eigenvalue weighted by Crippen LogP contribution is 2.26. The molecule has 5 rings (SSSR count). The second-order valence-electron chi connectivity index (χ2n) is 9.93. The van der Waals surface area contributed by atoms with E-state index in [1.54, 1.807) is 37.4 Å². The van der Waals surface area contributed by atoms with Gasteiger partial charge >= 0.3 is 0 Å². The number of carbonyl (C=O) groups is 2. The van der Waals surface area contributed by atoms with Crippen molar-refractivity contribution in [1.82, 2.24) is 25.0 Å². The van der Waals surface area contributed by atoms with Gasteiger partial charge in [0.15, 0.2) is 11.0 Å². The lowest BCUT2D eigenvalue weighted by Crippen LogP contribution is -2.39. The van der Waals surface area contributed by atoms with E-state index in [0.717, 1.165) is 38.0 Å². The summed E-state index contributed by atoms with van der Waals surface area (Å²) < 4.78 is 7.00. The van der Waals surface area contributed by atoms with Crippen molar-refractivity contribution in [2.75, 3.05) is 26.0 Å². The van der Waals surface area contributed by atoms with Crippen molar-refractivity contribution in [3.63, 3.8) is 0 Å². The summed E-state index contributed by atoms with van der Waals surface area (Å²) in [6.45, 7) is 1.68. The second-order valence-corrected chi connectivity index (χ2v) is 11.3. The van der Waals surface area contributed by atoms with E-state index in [2.05, 4.69) is 39.8 Å². The molecule has 1 saturated heterocycles. The van der Waals surface area contributed by atoms with E-state index in [1.165, 1.54) is 17.3 Å². The van der Waals surface area contributed by atoms with Gasteiger partial charge in [0.25, 0.3) is 5.91 Å². The predicted octanol–water partition coefficient (Wildman–Crippen LogP) is 5.43. The Bertz CT molecular complexity index is 1470. The first-order chi connectivity index (χ1) is 20.0. The number of carbonyl (C=O) groups excluding carboxylic acids is 2. The van der Waals surface area contributed by atoms with Crippen LogP contribution in [0.5, 0.6) is 5.75 Å². The third-order valence-electron chi connectivity index (χ3n) is 7.19. The molecule has 1 aromatic heterocycles. The molecule has 0 spiro atoms. The van der Waals surface area contributed by atoms with Gasteiger partial charge in [0.2, 0.25) is 5.91 Å². The van der Waals surface area contributed by atoms with Crippen LogP contribution in [0.1, 0.15) is 34.6 Å². The third kappa shape index (κ3) is 7.48. The number of amides is 2. The number of ether oxygens (including phenoxy) is 1. The molecule has 3 aromatic carbocycles. The van der Waals surface area contributed by atoms with E-state index < -0.39 is 0 Å². The molecule has 212 valence electrons. The zero-order valence-electron chi connectivity index (χ0n) is 22.8. The maximum Gasteiger partial charge on any atom is 0.251 e. The standard InChI is InChI=1S/C31H32ClN5O3S/c1-40-27-12-10-24(11-13-27)30(39)33-20-28-34-35-31(37(28)26-9-5-8-25(32)19-26)41-21-29(38)36-16-14-23(15-17-36)18-22-6-3-2-4-7-22/h2-13,19,23H,14-18,20-21H2,1H3,(H,33,39). The van der Waals surface area contributed by atoms with Crippen molar-refractivity contribution < 1.29 is 14.3 Å². The molecular formula is C31H32ClN5O3S. The number of aromatic nitrogens is 3. The molecule has 0 radical (unpaired) electrons. The molecule has 1 fully saturated rings. The summed E-state index contributed by atoms with van der Waals surface area (Å²) in [4.78, 5) is 27.8. The van der Waals surface area contributed by atoms with Crippen LogP contribution in [-0.2, 0) is 17.8 Å². The van der Waals surface area contributed by atoms with Crippen LogP contribution in [0.2, 0.25) is 5.02 Å². The number of likely N-dealkylation sites (tertiary alicyclic amines) is 1. The van der Waals surface area contributed by atoms with Crippen LogP contribution in [0.15, 0.2) is 84.0 Å². The van der Waals surface area contributed by atoms with Crippen LogP contribution in [0.3, 0.4) is 0 Å². The topological polar surface area (TPSA) is 89.3 Å². The maximum absolute atomic E-state index is 13.1. The van der Waals surface area contributed by atoms with E-state index in [4.69, 9.17) is 16.3 Å². The normalized spacial score (nSPS) is 13.7. The Morgan fingerprint density at radius 2 is 1.76 bits per heavy atom.